The standard InChI is InChI=1S/C21H25N7O2S/c1-3-18(29)23-13-6-8-14(9-7-13)24-20-25-15(12-30-2)11-17(27-20)28-21-26-16-5-4-10-22-19(16)31-21/h3-5,10-11,13-14H,1,6-9,12H2,2H3,(H,23,29)(H2,24,25,26,27,28). The highest BCUT2D eigenvalue weighted by Gasteiger charge is 2.22. The molecule has 1 amide bonds. The van der Waals surface area contributed by atoms with E-state index < -0.39 is 0 Å². The molecule has 1 aliphatic rings. The molecular formula is C21H25N7O2S. The number of fused-ring (bicyclic) bond motifs is 1. The number of amides is 1. The summed E-state index contributed by atoms with van der Waals surface area (Å²) in [7, 11) is 1.64. The molecule has 3 aromatic rings. The maximum Gasteiger partial charge on any atom is 0.243 e. The molecule has 10 heteroatoms. The summed E-state index contributed by atoms with van der Waals surface area (Å²) in [5.41, 5.74) is 1.62. The zero-order chi connectivity index (χ0) is 21.6. The van der Waals surface area contributed by atoms with Crippen LogP contribution >= 0.6 is 11.3 Å². The minimum absolute atomic E-state index is 0.118. The summed E-state index contributed by atoms with van der Waals surface area (Å²) in [6, 6.07) is 6.09. The Hall–Kier alpha value is -3.11. The average molecular weight is 440 g/mol. The summed E-state index contributed by atoms with van der Waals surface area (Å²) >= 11 is 1.47. The number of methoxy groups -OCH3 is 1. The van der Waals surface area contributed by atoms with Crippen LogP contribution in [0.2, 0.25) is 0 Å². The third kappa shape index (κ3) is 5.53. The fraction of sp³-hybridized carbons (Fsp3) is 0.381. The highest BCUT2D eigenvalue weighted by atomic mass is 32.1. The Morgan fingerprint density at radius 3 is 2.81 bits per heavy atom. The molecule has 0 saturated heterocycles. The van der Waals surface area contributed by atoms with Crippen molar-refractivity contribution in [2.45, 2.75) is 44.4 Å². The SMILES string of the molecule is C=CC(=O)NC1CCC(Nc2nc(COC)cc(Nc3nc4cccnc4s3)n2)CC1. The van der Waals surface area contributed by atoms with Crippen LogP contribution in [0.25, 0.3) is 10.3 Å². The lowest BCUT2D eigenvalue weighted by Gasteiger charge is -2.29. The van der Waals surface area contributed by atoms with Crippen LogP contribution in [0, 0.1) is 0 Å². The van der Waals surface area contributed by atoms with Crippen LogP contribution in [0.4, 0.5) is 16.9 Å². The Morgan fingerprint density at radius 2 is 2.06 bits per heavy atom. The number of thiazole rings is 1. The van der Waals surface area contributed by atoms with Crippen LogP contribution in [-0.4, -0.2) is 45.0 Å². The van der Waals surface area contributed by atoms with Gasteiger partial charge in [-0.3, -0.25) is 4.79 Å². The molecule has 0 unspecified atom stereocenters. The highest BCUT2D eigenvalue weighted by Crippen LogP contribution is 2.27. The van der Waals surface area contributed by atoms with Crippen molar-refractivity contribution >= 4 is 44.5 Å². The van der Waals surface area contributed by atoms with Gasteiger partial charge in [0.2, 0.25) is 11.9 Å². The molecule has 3 heterocycles. The predicted octanol–water partition coefficient (Wildman–Crippen LogP) is 3.40. The quantitative estimate of drug-likeness (QED) is 0.458. The number of anilines is 3. The third-order valence-electron chi connectivity index (χ3n) is 5.07. The van der Waals surface area contributed by atoms with Crippen molar-refractivity contribution in [1.29, 1.82) is 0 Å². The molecule has 1 fully saturated rings. The molecule has 4 rings (SSSR count). The summed E-state index contributed by atoms with van der Waals surface area (Å²) in [5.74, 6) is 1.08. The minimum atomic E-state index is -0.118. The van der Waals surface area contributed by atoms with Gasteiger partial charge in [0.05, 0.1) is 12.3 Å². The van der Waals surface area contributed by atoms with Gasteiger partial charge < -0.3 is 20.7 Å². The van der Waals surface area contributed by atoms with Crippen LogP contribution in [0.15, 0.2) is 37.1 Å². The van der Waals surface area contributed by atoms with Gasteiger partial charge in [-0.25, -0.2) is 15.0 Å². The van der Waals surface area contributed by atoms with Gasteiger partial charge in [0.25, 0.3) is 0 Å². The highest BCUT2D eigenvalue weighted by molar-refractivity contribution is 7.21. The number of nitrogens with one attached hydrogen (secondary N) is 3. The van der Waals surface area contributed by atoms with Gasteiger partial charge in [-0.05, 0) is 43.9 Å². The number of nitrogens with zero attached hydrogens (tertiary/aromatic N) is 4. The molecule has 162 valence electrons. The third-order valence-corrected chi connectivity index (χ3v) is 5.96. The van der Waals surface area contributed by atoms with Crippen LogP contribution < -0.4 is 16.0 Å². The second kappa shape index (κ2) is 9.80. The lowest BCUT2D eigenvalue weighted by Crippen LogP contribution is -2.39. The fourth-order valence-corrected chi connectivity index (χ4v) is 4.42. The summed E-state index contributed by atoms with van der Waals surface area (Å²) in [4.78, 5) is 30.5. The zero-order valence-corrected chi connectivity index (χ0v) is 18.1. The number of hydrogen-bond acceptors (Lipinski definition) is 9. The Labute approximate surface area is 184 Å². The van der Waals surface area contributed by atoms with Gasteiger partial charge in [-0.1, -0.05) is 17.9 Å². The van der Waals surface area contributed by atoms with E-state index in [1.54, 1.807) is 13.3 Å². The molecule has 9 nitrogen and oxygen atoms in total. The van der Waals surface area contributed by atoms with E-state index >= 15 is 0 Å². The number of rotatable bonds is 8. The summed E-state index contributed by atoms with van der Waals surface area (Å²) in [6.45, 7) is 3.89. The van der Waals surface area contributed by atoms with Crippen molar-refractivity contribution in [2.75, 3.05) is 17.7 Å². The topological polar surface area (TPSA) is 114 Å². The lowest BCUT2D eigenvalue weighted by atomic mass is 9.91. The molecule has 3 aromatic heterocycles. The first-order valence-corrected chi connectivity index (χ1v) is 11.0. The van der Waals surface area contributed by atoms with Crippen LogP contribution in [0.1, 0.15) is 31.4 Å². The van der Waals surface area contributed by atoms with E-state index in [1.807, 2.05) is 18.2 Å². The molecule has 31 heavy (non-hydrogen) atoms. The van der Waals surface area contributed by atoms with E-state index in [1.165, 1.54) is 17.4 Å². The normalized spacial score (nSPS) is 18.5. The van der Waals surface area contributed by atoms with E-state index in [0.29, 0.717) is 18.4 Å². The molecule has 3 N–H and O–H groups in total. The van der Waals surface area contributed by atoms with E-state index in [4.69, 9.17) is 4.74 Å². The average Bonchev–Trinajstić information content (AvgIpc) is 3.17. The molecule has 0 atom stereocenters. The summed E-state index contributed by atoms with van der Waals surface area (Å²) < 4.78 is 5.27. The number of ether oxygens (including phenoxy) is 1. The molecule has 1 aliphatic carbocycles. The predicted molar refractivity (Wildman–Crippen MR) is 121 cm³/mol. The Balaban J connectivity index is 1.44. The van der Waals surface area contributed by atoms with Crippen molar-refractivity contribution < 1.29 is 9.53 Å². The second-order valence-corrected chi connectivity index (χ2v) is 8.36. The van der Waals surface area contributed by atoms with Crippen molar-refractivity contribution in [1.82, 2.24) is 25.3 Å². The first kappa shape index (κ1) is 21.1. The fourth-order valence-electron chi connectivity index (χ4n) is 3.61. The monoisotopic (exact) mass is 439 g/mol. The molecule has 0 spiro atoms. The summed E-state index contributed by atoms with van der Waals surface area (Å²) in [5, 5.41) is 10.4. The molecule has 0 radical (unpaired) electrons. The second-order valence-electron chi connectivity index (χ2n) is 7.38. The molecule has 0 bridgehead atoms. The minimum Gasteiger partial charge on any atom is -0.378 e. The molecular weight excluding hydrogens is 414 g/mol. The largest absolute Gasteiger partial charge is 0.378 e. The van der Waals surface area contributed by atoms with Gasteiger partial charge in [0, 0.05) is 31.5 Å². The van der Waals surface area contributed by atoms with E-state index in [-0.39, 0.29) is 18.0 Å². The number of carbonyl (C=O) groups excluding carboxylic acids is 1. The van der Waals surface area contributed by atoms with Crippen LogP contribution in [0.5, 0.6) is 0 Å². The van der Waals surface area contributed by atoms with Crippen molar-refractivity contribution in [3.63, 3.8) is 0 Å². The van der Waals surface area contributed by atoms with Crippen LogP contribution in [-0.2, 0) is 16.1 Å². The zero-order valence-electron chi connectivity index (χ0n) is 17.3. The number of carbonyl (C=O) groups is 1. The molecule has 1 saturated carbocycles. The van der Waals surface area contributed by atoms with E-state index in [2.05, 4.69) is 42.5 Å². The van der Waals surface area contributed by atoms with Gasteiger partial charge in [0.15, 0.2) is 5.13 Å². The first-order valence-electron chi connectivity index (χ1n) is 10.2. The Morgan fingerprint density at radius 1 is 1.26 bits per heavy atom. The number of pyridine rings is 1. The summed E-state index contributed by atoms with van der Waals surface area (Å²) in [6.07, 6.45) is 6.72. The van der Waals surface area contributed by atoms with Gasteiger partial charge in [-0.15, -0.1) is 0 Å². The van der Waals surface area contributed by atoms with Gasteiger partial charge >= 0.3 is 0 Å². The van der Waals surface area contributed by atoms with Gasteiger partial charge in [0.1, 0.15) is 16.2 Å². The first-order chi connectivity index (χ1) is 15.1. The smallest absolute Gasteiger partial charge is 0.243 e. The van der Waals surface area contributed by atoms with Gasteiger partial charge in [-0.2, -0.15) is 4.98 Å². The number of hydrogen-bond donors (Lipinski definition) is 3. The Bertz CT molecular complexity index is 1030. The molecule has 0 aliphatic heterocycles. The van der Waals surface area contributed by atoms with E-state index in [9.17, 15) is 4.79 Å². The van der Waals surface area contributed by atoms with Crippen molar-refractivity contribution in [3.05, 3.63) is 42.7 Å². The van der Waals surface area contributed by atoms with E-state index in [0.717, 1.165) is 46.9 Å². The lowest BCUT2D eigenvalue weighted by molar-refractivity contribution is -0.117. The van der Waals surface area contributed by atoms with Crippen molar-refractivity contribution in [2.24, 2.45) is 0 Å². The maximum absolute atomic E-state index is 11.5. The molecule has 0 aromatic carbocycles. The van der Waals surface area contributed by atoms with Crippen molar-refractivity contribution in [3.8, 4) is 0 Å². The number of aromatic nitrogens is 4. The Kier molecular flexibility index (Phi) is 6.68. The van der Waals surface area contributed by atoms with Crippen LogP contribution in [0.3, 0.4) is 0 Å². The maximum atomic E-state index is 11.5.